The molecule has 29 heavy (non-hydrogen) atoms. The predicted octanol–water partition coefficient (Wildman–Crippen LogP) is 4.54. The number of carbonyl (C=O) groups excluding carboxylic acids is 2. The van der Waals surface area contributed by atoms with E-state index in [2.05, 4.69) is 15.6 Å². The van der Waals surface area contributed by atoms with Crippen LogP contribution >= 0.6 is 0 Å². The van der Waals surface area contributed by atoms with Crippen LogP contribution in [0.1, 0.15) is 35.3 Å². The van der Waals surface area contributed by atoms with Crippen molar-refractivity contribution in [2.24, 2.45) is 5.92 Å². The van der Waals surface area contributed by atoms with E-state index in [9.17, 15) is 9.59 Å². The molecule has 3 aromatic rings. The number of nitrogens with one attached hydrogen (secondary N) is 2. The molecular formula is C23H23N3O3. The number of benzene rings is 2. The summed E-state index contributed by atoms with van der Waals surface area (Å²) in [4.78, 5) is 30.0. The third-order valence-electron chi connectivity index (χ3n) is 5.28. The van der Waals surface area contributed by atoms with Gasteiger partial charge in [0, 0.05) is 28.4 Å². The molecule has 2 N–H and O–H groups in total. The van der Waals surface area contributed by atoms with Crippen molar-refractivity contribution in [3.63, 3.8) is 0 Å². The van der Waals surface area contributed by atoms with Crippen molar-refractivity contribution in [3.05, 3.63) is 59.8 Å². The van der Waals surface area contributed by atoms with Crippen LogP contribution in [0, 0.1) is 12.8 Å². The highest BCUT2D eigenvalue weighted by molar-refractivity contribution is 6.14. The largest absolute Gasteiger partial charge is 0.497 e. The van der Waals surface area contributed by atoms with Crippen LogP contribution in [0.15, 0.2) is 48.5 Å². The van der Waals surface area contributed by atoms with Gasteiger partial charge in [-0.3, -0.25) is 14.6 Å². The van der Waals surface area contributed by atoms with Crippen LogP contribution in [0.25, 0.3) is 10.9 Å². The van der Waals surface area contributed by atoms with Gasteiger partial charge >= 0.3 is 0 Å². The molecule has 6 heteroatoms. The highest BCUT2D eigenvalue weighted by Gasteiger charge is 2.25. The molecule has 1 fully saturated rings. The second kappa shape index (κ2) is 7.91. The lowest BCUT2D eigenvalue weighted by atomic mass is 9.85. The topological polar surface area (TPSA) is 80.3 Å². The SMILES string of the molecule is COc1ccc(NC(=O)c2cc(NC(=O)C3CCC3)cc3nc(C)ccc23)cc1. The molecule has 6 nitrogen and oxygen atoms in total. The zero-order valence-electron chi connectivity index (χ0n) is 16.5. The lowest BCUT2D eigenvalue weighted by Gasteiger charge is -2.24. The number of fused-ring (bicyclic) bond motifs is 1. The van der Waals surface area contributed by atoms with E-state index in [4.69, 9.17) is 4.74 Å². The van der Waals surface area contributed by atoms with Crippen LogP contribution in [0.2, 0.25) is 0 Å². The van der Waals surface area contributed by atoms with Crippen molar-refractivity contribution in [3.8, 4) is 5.75 Å². The summed E-state index contributed by atoms with van der Waals surface area (Å²) in [6.45, 7) is 1.90. The summed E-state index contributed by atoms with van der Waals surface area (Å²) in [5, 5.41) is 6.60. The maximum Gasteiger partial charge on any atom is 0.256 e. The molecule has 0 atom stereocenters. The van der Waals surface area contributed by atoms with Crippen LogP contribution in [-0.4, -0.2) is 23.9 Å². The van der Waals surface area contributed by atoms with E-state index < -0.39 is 0 Å². The van der Waals surface area contributed by atoms with E-state index >= 15 is 0 Å². The van der Waals surface area contributed by atoms with Crippen molar-refractivity contribution in [1.29, 1.82) is 0 Å². The van der Waals surface area contributed by atoms with Crippen molar-refractivity contribution >= 4 is 34.1 Å². The van der Waals surface area contributed by atoms with Gasteiger partial charge in [0.15, 0.2) is 0 Å². The number of carbonyl (C=O) groups is 2. The van der Waals surface area contributed by atoms with E-state index in [1.165, 1.54) is 0 Å². The average molecular weight is 389 g/mol. The molecule has 1 aromatic heterocycles. The Labute approximate surface area is 169 Å². The fraction of sp³-hybridized carbons (Fsp3) is 0.261. The van der Waals surface area contributed by atoms with Crippen molar-refractivity contribution in [1.82, 2.24) is 4.98 Å². The van der Waals surface area contributed by atoms with E-state index in [0.29, 0.717) is 28.2 Å². The Morgan fingerprint density at radius 2 is 1.76 bits per heavy atom. The van der Waals surface area contributed by atoms with Crippen LogP contribution in [-0.2, 0) is 4.79 Å². The number of methoxy groups -OCH3 is 1. The van der Waals surface area contributed by atoms with Gasteiger partial charge in [-0.05, 0) is 62.2 Å². The average Bonchev–Trinajstić information content (AvgIpc) is 2.66. The lowest BCUT2D eigenvalue weighted by molar-refractivity contribution is -0.122. The van der Waals surface area contributed by atoms with Crippen molar-refractivity contribution < 1.29 is 14.3 Å². The van der Waals surface area contributed by atoms with E-state index in [-0.39, 0.29) is 17.7 Å². The minimum Gasteiger partial charge on any atom is -0.497 e. The number of anilines is 2. The van der Waals surface area contributed by atoms with Gasteiger partial charge in [0.1, 0.15) is 5.75 Å². The number of rotatable bonds is 5. The van der Waals surface area contributed by atoms with Gasteiger partial charge in [-0.25, -0.2) is 0 Å². The number of pyridine rings is 1. The van der Waals surface area contributed by atoms with Gasteiger partial charge in [0.25, 0.3) is 5.91 Å². The lowest BCUT2D eigenvalue weighted by Crippen LogP contribution is -2.28. The Morgan fingerprint density at radius 3 is 2.41 bits per heavy atom. The number of nitrogens with zero attached hydrogens (tertiary/aromatic N) is 1. The Morgan fingerprint density at radius 1 is 1.00 bits per heavy atom. The molecule has 1 aliphatic carbocycles. The maximum absolute atomic E-state index is 13.0. The second-order valence-electron chi connectivity index (χ2n) is 7.34. The molecule has 0 spiro atoms. The molecule has 1 heterocycles. The summed E-state index contributed by atoms with van der Waals surface area (Å²) >= 11 is 0. The van der Waals surface area contributed by atoms with Crippen LogP contribution in [0.3, 0.4) is 0 Å². The number of hydrogen-bond donors (Lipinski definition) is 2. The maximum atomic E-state index is 13.0. The predicted molar refractivity (Wildman–Crippen MR) is 113 cm³/mol. The molecule has 4 rings (SSSR count). The van der Waals surface area contributed by atoms with E-state index in [1.54, 1.807) is 37.4 Å². The summed E-state index contributed by atoms with van der Waals surface area (Å²) in [6, 6.07) is 14.4. The number of aryl methyl sites for hydroxylation is 1. The molecule has 2 amide bonds. The van der Waals surface area contributed by atoms with Gasteiger partial charge in [-0.1, -0.05) is 12.5 Å². The second-order valence-corrected chi connectivity index (χ2v) is 7.34. The number of aromatic nitrogens is 1. The Bertz CT molecular complexity index is 1070. The normalized spacial score (nSPS) is 13.6. The minimum absolute atomic E-state index is 0.00441. The summed E-state index contributed by atoms with van der Waals surface area (Å²) in [7, 11) is 1.60. The van der Waals surface area contributed by atoms with Gasteiger partial charge in [-0.2, -0.15) is 0 Å². The molecule has 0 bridgehead atoms. The summed E-state index contributed by atoms with van der Waals surface area (Å²) in [5.74, 6) is 0.525. The van der Waals surface area contributed by atoms with Crippen molar-refractivity contribution in [2.45, 2.75) is 26.2 Å². The van der Waals surface area contributed by atoms with E-state index in [1.807, 2.05) is 25.1 Å². The zero-order chi connectivity index (χ0) is 20.4. The van der Waals surface area contributed by atoms with Gasteiger partial charge in [0.05, 0.1) is 18.2 Å². The van der Waals surface area contributed by atoms with Gasteiger partial charge < -0.3 is 15.4 Å². The van der Waals surface area contributed by atoms with Crippen LogP contribution < -0.4 is 15.4 Å². The number of hydrogen-bond acceptors (Lipinski definition) is 4. The third kappa shape index (κ3) is 4.06. The number of amides is 2. The molecular weight excluding hydrogens is 366 g/mol. The molecule has 1 aliphatic rings. The van der Waals surface area contributed by atoms with Gasteiger partial charge in [0.2, 0.25) is 5.91 Å². The first-order valence-corrected chi connectivity index (χ1v) is 9.71. The monoisotopic (exact) mass is 389 g/mol. The Kier molecular flexibility index (Phi) is 5.16. The Balaban J connectivity index is 1.66. The molecule has 2 aromatic carbocycles. The molecule has 0 aliphatic heterocycles. The highest BCUT2D eigenvalue weighted by Crippen LogP contribution is 2.29. The highest BCUT2D eigenvalue weighted by atomic mass is 16.5. The summed E-state index contributed by atoms with van der Waals surface area (Å²) < 4.78 is 5.15. The smallest absolute Gasteiger partial charge is 0.256 e. The Hall–Kier alpha value is -3.41. The third-order valence-corrected chi connectivity index (χ3v) is 5.28. The number of ether oxygens (including phenoxy) is 1. The first kappa shape index (κ1) is 18.9. The molecule has 0 unspecified atom stereocenters. The van der Waals surface area contributed by atoms with Crippen LogP contribution in [0.5, 0.6) is 5.75 Å². The van der Waals surface area contributed by atoms with Crippen LogP contribution in [0.4, 0.5) is 11.4 Å². The zero-order valence-corrected chi connectivity index (χ0v) is 16.5. The molecule has 148 valence electrons. The molecule has 0 saturated heterocycles. The van der Waals surface area contributed by atoms with Crippen molar-refractivity contribution in [2.75, 3.05) is 17.7 Å². The fourth-order valence-corrected chi connectivity index (χ4v) is 3.38. The first-order valence-electron chi connectivity index (χ1n) is 9.71. The molecule has 1 saturated carbocycles. The van der Waals surface area contributed by atoms with Gasteiger partial charge in [-0.15, -0.1) is 0 Å². The first-order chi connectivity index (χ1) is 14.0. The quantitative estimate of drug-likeness (QED) is 0.671. The molecule has 0 radical (unpaired) electrons. The fourth-order valence-electron chi connectivity index (χ4n) is 3.38. The summed E-state index contributed by atoms with van der Waals surface area (Å²) in [5.41, 5.74) is 3.24. The summed E-state index contributed by atoms with van der Waals surface area (Å²) in [6.07, 6.45) is 2.93. The standard InChI is InChI=1S/C23H23N3O3/c1-14-6-11-19-20(23(28)25-16-7-9-18(29-2)10-8-16)12-17(13-21(19)24-14)26-22(27)15-4-3-5-15/h6-13,15H,3-5H2,1-2H3,(H,25,28)(H,26,27). The van der Waals surface area contributed by atoms with E-state index in [0.717, 1.165) is 30.3 Å². The minimum atomic E-state index is -0.259.